The fourth-order valence-corrected chi connectivity index (χ4v) is 2.91. The fourth-order valence-electron chi connectivity index (χ4n) is 1.42. The van der Waals surface area contributed by atoms with E-state index in [2.05, 4.69) is 49.8 Å². The van der Waals surface area contributed by atoms with Gasteiger partial charge in [0.2, 0.25) is 0 Å². The summed E-state index contributed by atoms with van der Waals surface area (Å²) in [6.07, 6.45) is 1.73. The number of furan rings is 1. The second kappa shape index (κ2) is 4.85. The second-order valence-corrected chi connectivity index (χ2v) is 8.29. The highest BCUT2D eigenvalue weighted by Crippen LogP contribution is 2.40. The monoisotopic (exact) mass is 290 g/mol. The molecule has 0 aromatic carbocycles. The van der Waals surface area contributed by atoms with Crippen LogP contribution in [0, 0.1) is 5.41 Å². The van der Waals surface area contributed by atoms with Crippen molar-refractivity contribution in [3.63, 3.8) is 0 Å². The predicted octanol–water partition coefficient (Wildman–Crippen LogP) is 4.13. The predicted molar refractivity (Wildman–Crippen MR) is 68.6 cm³/mol. The maximum atomic E-state index is 6.06. The van der Waals surface area contributed by atoms with Crippen LogP contribution in [0.15, 0.2) is 21.2 Å². The Labute approximate surface area is 102 Å². The molecule has 0 saturated carbocycles. The van der Waals surface area contributed by atoms with E-state index in [1.54, 1.807) is 6.26 Å². The van der Waals surface area contributed by atoms with Gasteiger partial charge in [0.25, 0.3) is 0 Å². The van der Waals surface area contributed by atoms with Gasteiger partial charge in [0.1, 0.15) is 11.9 Å². The van der Waals surface area contributed by atoms with E-state index >= 15 is 0 Å². The van der Waals surface area contributed by atoms with Crippen LogP contribution in [0.2, 0.25) is 13.1 Å². The van der Waals surface area contributed by atoms with Gasteiger partial charge in [0, 0.05) is 0 Å². The number of hydrogen-bond acceptors (Lipinski definition) is 2. The molecule has 0 bridgehead atoms. The zero-order chi connectivity index (χ0) is 11.6. The lowest BCUT2D eigenvalue weighted by Gasteiger charge is -2.31. The van der Waals surface area contributed by atoms with E-state index < -0.39 is 9.04 Å². The van der Waals surface area contributed by atoms with Gasteiger partial charge in [-0.25, -0.2) is 0 Å². The molecule has 4 heteroatoms. The molecule has 0 fully saturated rings. The van der Waals surface area contributed by atoms with E-state index in [1.165, 1.54) is 0 Å². The zero-order valence-electron chi connectivity index (χ0n) is 10.0. The molecule has 1 heterocycles. The molecule has 1 unspecified atom stereocenters. The third-order valence-corrected chi connectivity index (χ3v) is 3.55. The molecule has 86 valence electrons. The maximum absolute atomic E-state index is 6.06. The number of hydrogen-bond donors (Lipinski definition) is 0. The summed E-state index contributed by atoms with van der Waals surface area (Å²) in [5.74, 6) is 0.906. The molecule has 0 aliphatic carbocycles. The Bertz CT molecular complexity index is 315. The van der Waals surface area contributed by atoms with Crippen LogP contribution < -0.4 is 0 Å². The summed E-state index contributed by atoms with van der Waals surface area (Å²) in [7, 11) is -1.07. The Balaban J connectivity index is 2.97. The molecule has 1 aromatic rings. The van der Waals surface area contributed by atoms with Crippen LogP contribution in [0.25, 0.3) is 0 Å². The summed E-state index contributed by atoms with van der Waals surface area (Å²) in [6.45, 7) is 10.9. The normalized spacial score (nSPS) is 14.6. The first kappa shape index (κ1) is 13.0. The van der Waals surface area contributed by atoms with Crippen LogP contribution in [0.4, 0.5) is 0 Å². The van der Waals surface area contributed by atoms with E-state index in [-0.39, 0.29) is 11.5 Å². The summed E-state index contributed by atoms with van der Waals surface area (Å²) in [5.41, 5.74) is 0.0532. The van der Waals surface area contributed by atoms with Gasteiger partial charge in [0.05, 0.1) is 10.7 Å². The van der Waals surface area contributed by atoms with Gasteiger partial charge >= 0.3 is 0 Å². The minimum atomic E-state index is -1.07. The molecule has 0 N–H and O–H groups in total. The van der Waals surface area contributed by atoms with Crippen LogP contribution in [0.1, 0.15) is 32.6 Å². The molecule has 0 radical (unpaired) electrons. The quantitative estimate of drug-likeness (QED) is 0.781. The lowest BCUT2D eigenvalue weighted by atomic mass is 9.88. The molecule has 0 aliphatic heterocycles. The highest BCUT2D eigenvalue weighted by Gasteiger charge is 2.31. The maximum Gasteiger partial charge on any atom is 0.172 e. The lowest BCUT2D eigenvalue weighted by Crippen LogP contribution is -2.25. The van der Waals surface area contributed by atoms with E-state index in [9.17, 15) is 0 Å². The summed E-state index contributed by atoms with van der Waals surface area (Å²) in [4.78, 5) is 0. The number of halogens is 1. The van der Waals surface area contributed by atoms with Gasteiger partial charge in [-0.2, -0.15) is 0 Å². The van der Waals surface area contributed by atoms with Crippen LogP contribution in [-0.2, 0) is 4.43 Å². The Hall–Kier alpha value is -0.0631. The smallest absolute Gasteiger partial charge is 0.172 e. The van der Waals surface area contributed by atoms with Gasteiger partial charge in [-0.3, -0.25) is 0 Å². The van der Waals surface area contributed by atoms with Crippen molar-refractivity contribution in [1.82, 2.24) is 0 Å². The average molecular weight is 291 g/mol. The molecule has 0 aliphatic rings. The third-order valence-electron chi connectivity index (χ3n) is 2.08. The Kier molecular flexibility index (Phi) is 4.20. The van der Waals surface area contributed by atoms with Crippen LogP contribution in [-0.4, -0.2) is 9.04 Å². The van der Waals surface area contributed by atoms with Crippen molar-refractivity contribution in [3.05, 3.63) is 22.6 Å². The topological polar surface area (TPSA) is 22.4 Å². The second-order valence-electron chi connectivity index (χ2n) is 5.06. The largest absolute Gasteiger partial charge is 0.465 e. The molecule has 2 nitrogen and oxygen atoms in total. The van der Waals surface area contributed by atoms with E-state index in [0.29, 0.717) is 0 Å². The van der Waals surface area contributed by atoms with Crippen molar-refractivity contribution in [2.45, 2.75) is 40.0 Å². The summed E-state index contributed by atoms with van der Waals surface area (Å²) in [5, 5.41) is 0. The molecular weight excluding hydrogens is 272 g/mol. The van der Waals surface area contributed by atoms with Gasteiger partial charge in [-0.1, -0.05) is 20.8 Å². The van der Waals surface area contributed by atoms with Crippen molar-refractivity contribution < 1.29 is 8.84 Å². The minimum absolute atomic E-state index is 0.0357. The standard InChI is InChI=1S/C11H19BrO2Si/c1-11(2,3)10(14-15(4)5)9-8(12)6-7-13-9/h6-7,10,15H,1-5H3. The molecule has 0 spiro atoms. The molecular formula is C11H19BrO2Si. The van der Waals surface area contributed by atoms with Crippen molar-refractivity contribution in [3.8, 4) is 0 Å². The van der Waals surface area contributed by atoms with Gasteiger partial charge in [-0.15, -0.1) is 0 Å². The first-order chi connectivity index (χ1) is 6.82. The van der Waals surface area contributed by atoms with Crippen molar-refractivity contribution >= 4 is 25.0 Å². The Morgan fingerprint density at radius 2 is 2.00 bits per heavy atom. The summed E-state index contributed by atoms with van der Waals surface area (Å²) >= 11 is 3.49. The zero-order valence-corrected chi connectivity index (χ0v) is 12.7. The molecule has 1 rings (SSSR count). The van der Waals surface area contributed by atoms with Gasteiger partial charge in [-0.05, 0) is 40.5 Å². The van der Waals surface area contributed by atoms with Crippen molar-refractivity contribution in [2.24, 2.45) is 5.41 Å². The van der Waals surface area contributed by atoms with Gasteiger partial charge in [0.15, 0.2) is 9.04 Å². The van der Waals surface area contributed by atoms with Crippen LogP contribution in [0.3, 0.4) is 0 Å². The van der Waals surface area contributed by atoms with E-state index in [1.807, 2.05) is 6.07 Å². The summed E-state index contributed by atoms with van der Waals surface area (Å²) in [6, 6.07) is 1.92. The summed E-state index contributed by atoms with van der Waals surface area (Å²) < 4.78 is 12.6. The molecule has 15 heavy (non-hydrogen) atoms. The minimum Gasteiger partial charge on any atom is -0.465 e. The van der Waals surface area contributed by atoms with Crippen molar-refractivity contribution in [2.75, 3.05) is 0 Å². The number of rotatable bonds is 3. The Morgan fingerprint density at radius 3 is 2.33 bits per heavy atom. The fraction of sp³-hybridized carbons (Fsp3) is 0.636. The molecule has 1 atom stereocenters. The van der Waals surface area contributed by atoms with Crippen LogP contribution in [0.5, 0.6) is 0 Å². The van der Waals surface area contributed by atoms with Crippen LogP contribution >= 0.6 is 15.9 Å². The van der Waals surface area contributed by atoms with E-state index in [0.717, 1.165) is 10.2 Å². The highest BCUT2D eigenvalue weighted by atomic mass is 79.9. The highest BCUT2D eigenvalue weighted by molar-refractivity contribution is 9.10. The lowest BCUT2D eigenvalue weighted by molar-refractivity contribution is 0.0654. The first-order valence-electron chi connectivity index (χ1n) is 5.20. The third kappa shape index (κ3) is 3.47. The first-order valence-corrected chi connectivity index (χ1v) is 8.78. The SMILES string of the molecule is C[SiH](C)OC(c1occc1Br)C(C)(C)C. The van der Waals surface area contributed by atoms with Gasteiger partial charge < -0.3 is 8.84 Å². The van der Waals surface area contributed by atoms with Crippen molar-refractivity contribution in [1.29, 1.82) is 0 Å². The average Bonchev–Trinajstić information content (AvgIpc) is 2.45. The molecule has 1 aromatic heterocycles. The van der Waals surface area contributed by atoms with E-state index in [4.69, 9.17) is 8.84 Å². The Morgan fingerprint density at radius 1 is 1.40 bits per heavy atom. The molecule has 0 amide bonds. The molecule has 0 saturated heterocycles.